The second-order valence-corrected chi connectivity index (χ2v) is 5.67. The van der Waals surface area contributed by atoms with Crippen molar-refractivity contribution in [3.8, 4) is 5.75 Å². The Morgan fingerprint density at radius 3 is 2.20 bits per heavy atom. The topological polar surface area (TPSA) is 20.2 Å². The number of phenols is 1. The Bertz CT molecular complexity index is 532. The Morgan fingerprint density at radius 2 is 1.55 bits per heavy atom. The van der Waals surface area contributed by atoms with Gasteiger partial charge in [-0.3, -0.25) is 0 Å². The summed E-state index contributed by atoms with van der Waals surface area (Å²) in [6.07, 6.45) is 4.68. The first-order valence-corrected chi connectivity index (χ1v) is 7.52. The second-order valence-electron chi connectivity index (χ2n) is 5.67. The van der Waals surface area contributed by atoms with Gasteiger partial charge in [0.15, 0.2) is 0 Å². The molecule has 106 valence electrons. The lowest BCUT2D eigenvalue weighted by Crippen LogP contribution is -2.23. The van der Waals surface area contributed by atoms with Crippen LogP contribution in [0.1, 0.15) is 50.7 Å². The molecule has 0 saturated carbocycles. The fourth-order valence-electron chi connectivity index (χ4n) is 2.91. The predicted octanol–water partition coefficient (Wildman–Crippen LogP) is 5.28. The van der Waals surface area contributed by atoms with E-state index >= 15 is 0 Å². The highest BCUT2D eigenvalue weighted by atomic mass is 16.3. The number of benzene rings is 2. The molecular formula is C19H24O. The van der Waals surface area contributed by atoms with Gasteiger partial charge in [0.1, 0.15) is 5.75 Å². The van der Waals surface area contributed by atoms with E-state index in [0.717, 1.165) is 12.0 Å². The standard InChI is InChI=1S/C19H24O/c1-3-4-10-15-19(2,16-11-6-5-7-12-16)17-13-8-9-14-18(17)20/h5-9,11-14,20H,3-4,10,15H2,1-2H3. The molecule has 0 saturated heterocycles. The molecule has 0 bridgehead atoms. The first kappa shape index (κ1) is 14.6. The predicted molar refractivity (Wildman–Crippen MR) is 85.1 cm³/mol. The van der Waals surface area contributed by atoms with E-state index in [1.54, 1.807) is 6.07 Å². The second kappa shape index (κ2) is 6.60. The molecule has 0 aliphatic heterocycles. The van der Waals surface area contributed by atoms with E-state index in [1.807, 2.05) is 24.3 Å². The van der Waals surface area contributed by atoms with Gasteiger partial charge in [0, 0.05) is 11.0 Å². The van der Waals surface area contributed by atoms with Gasteiger partial charge in [0.25, 0.3) is 0 Å². The van der Waals surface area contributed by atoms with Crippen LogP contribution in [-0.2, 0) is 5.41 Å². The van der Waals surface area contributed by atoms with Crippen LogP contribution in [-0.4, -0.2) is 5.11 Å². The van der Waals surface area contributed by atoms with Crippen LogP contribution < -0.4 is 0 Å². The number of phenolic OH excluding ortho intramolecular Hbond substituents is 1. The number of para-hydroxylation sites is 1. The van der Waals surface area contributed by atoms with Gasteiger partial charge in [-0.1, -0.05) is 81.6 Å². The molecule has 0 heterocycles. The average molecular weight is 268 g/mol. The molecule has 2 aromatic rings. The summed E-state index contributed by atoms with van der Waals surface area (Å²) >= 11 is 0. The molecule has 0 radical (unpaired) electrons. The van der Waals surface area contributed by atoms with Crippen LogP contribution in [0.5, 0.6) is 5.75 Å². The third-order valence-corrected chi connectivity index (χ3v) is 4.19. The average Bonchev–Trinajstić information content (AvgIpc) is 2.49. The highest BCUT2D eigenvalue weighted by Gasteiger charge is 2.30. The van der Waals surface area contributed by atoms with Gasteiger partial charge in [0.2, 0.25) is 0 Å². The van der Waals surface area contributed by atoms with E-state index in [-0.39, 0.29) is 5.41 Å². The summed E-state index contributed by atoms with van der Waals surface area (Å²) in [5.41, 5.74) is 2.18. The van der Waals surface area contributed by atoms with Crippen LogP contribution in [0.2, 0.25) is 0 Å². The van der Waals surface area contributed by atoms with E-state index in [0.29, 0.717) is 5.75 Å². The highest BCUT2D eigenvalue weighted by molar-refractivity contribution is 5.45. The Balaban J connectivity index is 2.41. The molecule has 1 unspecified atom stereocenters. The maximum Gasteiger partial charge on any atom is 0.119 e. The van der Waals surface area contributed by atoms with Crippen molar-refractivity contribution in [2.45, 2.75) is 44.9 Å². The van der Waals surface area contributed by atoms with Crippen LogP contribution >= 0.6 is 0 Å². The molecule has 0 aliphatic carbocycles. The van der Waals surface area contributed by atoms with Gasteiger partial charge in [-0.25, -0.2) is 0 Å². The molecule has 2 rings (SSSR count). The van der Waals surface area contributed by atoms with Crippen molar-refractivity contribution in [1.82, 2.24) is 0 Å². The third kappa shape index (κ3) is 3.04. The lowest BCUT2D eigenvalue weighted by atomic mass is 9.72. The van der Waals surface area contributed by atoms with Crippen molar-refractivity contribution in [2.75, 3.05) is 0 Å². The zero-order chi connectivity index (χ0) is 14.4. The number of unbranched alkanes of at least 4 members (excludes halogenated alkanes) is 2. The molecule has 2 aromatic carbocycles. The number of hydrogen-bond acceptors (Lipinski definition) is 1. The Kier molecular flexibility index (Phi) is 4.84. The van der Waals surface area contributed by atoms with E-state index < -0.39 is 0 Å². The molecule has 0 amide bonds. The van der Waals surface area contributed by atoms with E-state index in [9.17, 15) is 5.11 Å². The monoisotopic (exact) mass is 268 g/mol. The van der Waals surface area contributed by atoms with Crippen molar-refractivity contribution in [3.63, 3.8) is 0 Å². The van der Waals surface area contributed by atoms with Crippen molar-refractivity contribution in [2.24, 2.45) is 0 Å². The first-order chi connectivity index (χ1) is 9.68. The molecule has 1 N–H and O–H groups in total. The lowest BCUT2D eigenvalue weighted by molar-refractivity contribution is 0.426. The fraction of sp³-hybridized carbons (Fsp3) is 0.368. The zero-order valence-electron chi connectivity index (χ0n) is 12.5. The molecule has 0 spiro atoms. The number of aromatic hydroxyl groups is 1. The van der Waals surface area contributed by atoms with Gasteiger partial charge < -0.3 is 5.11 Å². The van der Waals surface area contributed by atoms with Crippen molar-refractivity contribution in [1.29, 1.82) is 0 Å². The summed E-state index contributed by atoms with van der Waals surface area (Å²) < 4.78 is 0. The Hall–Kier alpha value is -1.76. The van der Waals surface area contributed by atoms with Crippen molar-refractivity contribution < 1.29 is 5.11 Å². The van der Waals surface area contributed by atoms with E-state index in [1.165, 1.54) is 24.8 Å². The zero-order valence-corrected chi connectivity index (χ0v) is 12.5. The van der Waals surface area contributed by atoms with Gasteiger partial charge in [-0.05, 0) is 18.1 Å². The maximum atomic E-state index is 10.3. The minimum absolute atomic E-state index is 0.123. The molecule has 1 nitrogen and oxygen atoms in total. The summed E-state index contributed by atoms with van der Waals surface area (Å²) in [5.74, 6) is 0.398. The molecule has 0 fully saturated rings. The SMILES string of the molecule is CCCCCC(C)(c1ccccc1)c1ccccc1O. The van der Waals surface area contributed by atoms with Gasteiger partial charge in [-0.15, -0.1) is 0 Å². The van der Waals surface area contributed by atoms with Gasteiger partial charge >= 0.3 is 0 Å². The highest BCUT2D eigenvalue weighted by Crippen LogP contribution is 2.40. The number of hydrogen-bond donors (Lipinski definition) is 1. The smallest absolute Gasteiger partial charge is 0.119 e. The molecule has 20 heavy (non-hydrogen) atoms. The summed E-state index contributed by atoms with van der Waals surface area (Å²) in [5, 5.41) is 10.3. The fourth-order valence-corrected chi connectivity index (χ4v) is 2.91. The van der Waals surface area contributed by atoms with E-state index in [4.69, 9.17) is 0 Å². The normalized spacial score (nSPS) is 13.9. The van der Waals surface area contributed by atoms with Crippen LogP contribution in [0.4, 0.5) is 0 Å². The minimum atomic E-state index is -0.123. The van der Waals surface area contributed by atoms with Crippen LogP contribution in [0.25, 0.3) is 0 Å². The number of rotatable bonds is 6. The quantitative estimate of drug-likeness (QED) is 0.707. The summed E-state index contributed by atoms with van der Waals surface area (Å²) in [6.45, 7) is 4.47. The molecule has 0 aliphatic rings. The molecule has 1 heteroatoms. The third-order valence-electron chi connectivity index (χ3n) is 4.19. The molecular weight excluding hydrogens is 244 g/mol. The van der Waals surface area contributed by atoms with Crippen molar-refractivity contribution in [3.05, 3.63) is 65.7 Å². The summed E-state index contributed by atoms with van der Waals surface area (Å²) in [4.78, 5) is 0. The van der Waals surface area contributed by atoms with Gasteiger partial charge in [0.05, 0.1) is 0 Å². The van der Waals surface area contributed by atoms with Crippen LogP contribution in [0.3, 0.4) is 0 Å². The van der Waals surface area contributed by atoms with Crippen LogP contribution in [0, 0.1) is 0 Å². The molecule has 0 aromatic heterocycles. The Labute approximate surface area is 122 Å². The van der Waals surface area contributed by atoms with Gasteiger partial charge in [-0.2, -0.15) is 0 Å². The lowest BCUT2D eigenvalue weighted by Gasteiger charge is -2.31. The largest absolute Gasteiger partial charge is 0.508 e. The maximum absolute atomic E-state index is 10.3. The van der Waals surface area contributed by atoms with Crippen molar-refractivity contribution >= 4 is 0 Å². The minimum Gasteiger partial charge on any atom is -0.508 e. The first-order valence-electron chi connectivity index (χ1n) is 7.52. The van der Waals surface area contributed by atoms with Crippen LogP contribution in [0.15, 0.2) is 54.6 Å². The summed E-state index contributed by atoms with van der Waals surface area (Å²) in [6, 6.07) is 18.3. The Morgan fingerprint density at radius 1 is 0.900 bits per heavy atom. The molecule has 1 atom stereocenters. The van der Waals surface area contributed by atoms with E-state index in [2.05, 4.69) is 38.1 Å². The summed E-state index contributed by atoms with van der Waals surface area (Å²) in [7, 11) is 0.